The summed E-state index contributed by atoms with van der Waals surface area (Å²) >= 11 is 0. The van der Waals surface area contributed by atoms with Crippen molar-refractivity contribution < 1.29 is 66.4 Å². The minimum Gasteiger partial charge on any atom is -0.491 e. The normalized spacial score (nSPS) is 11.3. The van der Waals surface area contributed by atoms with Crippen LogP contribution in [-0.4, -0.2) is 165 Å². The van der Waals surface area contributed by atoms with Gasteiger partial charge in [0.15, 0.2) is 0 Å². The highest BCUT2D eigenvalue weighted by Gasteiger charge is 2.01. The highest BCUT2D eigenvalue weighted by atomic mass is 16.6. The van der Waals surface area contributed by atoms with E-state index in [0.29, 0.717) is 159 Å². The van der Waals surface area contributed by atoms with Crippen LogP contribution in [0.2, 0.25) is 0 Å². The van der Waals surface area contributed by atoms with Gasteiger partial charge in [-0.3, -0.25) is 4.79 Å². The number of rotatable bonds is 38. The van der Waals surface area contributed by atoms with Crippen LogP contribution in [0.3, 0.4) is 0 Å². The summed E-state index contributed by atoms with van der Waals surface area (Å²) in [6.07, 6.45) is 0.255. The first-order valence-electron chi connectivity index (χ1n) is 16.5. The average molecular weight is 679 g/mol. The van der Waals surface area contributed by atoms with E-state index in [2.05, 4.69) is 0 Å². The second kappa shape index (κ2) is 36.9. The van der Waals surface area contributed by atoms with Crippen LogP contribution in [-0.2, 0) is 61.6 Å². The highest BCUT2D eigenvalue weighted by molar-refractivity contribution is 5.69. The smallest absolute Gasteiger partial charge is 0.308 e. The maximum atomic E-state index is 11.1. The molecule has 14 heteroatoms. The van der Waals surface area contributed by atoms with E-state index in [1.807, 2.05) is 30.3 Å². The Hall–Kier alpha value is -1.95. The highest BCUT2D eigenvalue weighted by Crippen LogP contribution is 2.07. The van der Waals surface area contributed by atoms with E-state index in [0.717, 1.165) is 5.75 Å². The van der Waals surface area contributed by atoms with Crippen LogP contribution in [0.25, 0.3) is 0 Å². The monoisotopic (exact) mass is 678 g/mol. The molecule has 0 heterocycles. The summed E-state index contributed by atoms with van der Waals surface area (Å²) in [5, 5.41) is 0. The zero-order chi connectivity index (χ0) is 33.6. The molecule has 0 aliphatic rings. The van der Waals surface area contributed by atoms with E-state index >= 15 is 0 Å². The Morgan fingerprint density at radius 3 is 0.979 bits per heavy atom. The number of hydrogen-bond donors (Lipinski definition) is 0. The van der Waals surface area contributed by atoms with Gasteiger partial charge in [0.25, 0.3) is 0 Å². The lowest BCUT2D eigenvalue weighted by Gasteiger charge is -2.09. The molecule has 0 N–H and O–H groups in total. The van der Waals surface area contributed by atoms with Crippen LogP contribution in [0, 0.1) is 0 Å². The Bertz CT molecular complexity index is 758. The minimum absolute atomic E-state index is 0.251. The summed E-state index contributed by atoms with van der Waals surface area (Å²) in [5.74, 6) is 0.589. The molecule has 0 saturated heterocycles. The lowest BCUT2D eigenvalue weighted by molar-refractivity contribution is -0.144. The van der Waals surface area contributed by atoms with E-state index in [-0.39, 0.29) is 12.4 Å². The van der Waals surface area contributed by atoms with E-state index in [9.17, 15) is 4.79 Å². The van der Waals surface area contributed by atoms with Crippen molar-refractivity contribution in [3.05, 3.63) is 30.3 Å². The van der Waals surface area contributed by atoms with Gasteiger partial charge in [-0.1, -0.05) is 18.2 Å². The number of carbonyl (C=O) groups is 1. The van der Waals surface area contributed by atoms with Gasteiger partial charge >= 0.3 is 5.97 Å². The van der Waals surface area contributed by atoms with Gasteiger partial charge in [-0.25, -0.2) is 0 Å². The zero-order valence-corrected chi connectivity index (χ0v) is 28.3. The maximum Gasteiger partial charge on any atom is 0.308 e. The van der Waals surface area contributed by atoms with Gasteiger partial charge in [0.05, 0.1) is 158 Å². The number of ether oxygens (including phenoxy) is 13. The van der Waals surface area contributed by atoms with Crippen LogP contribution in [0.4, 0.5) is 0 Å². The second-order valence-corrected chi connectivity index (χ2v) is 9.45. The SMILES string of the molecule is CCOC(=O)CCOCCOCCOCCOCCOCCOCCOCCOCCOCCOCCOCCOc1ccccc1. The Morgan fingerprint density at radius 1 is 0.404 bits per heavy atom. The fourth-order valence-corrected chi connectivity index (χ4v) is 3.43. The molecule has 274 valence electrons. The van der Waals surface area contributed by atoms with Crippen molar-refractivity contribution in [3.8, 4) is 5.75 Å². The second-order valence-electron chi connectivity index (χ2n) is 9.45. The molecule has 14 nitrogen and oxygen atoms in total. The lowest BCUT2D eigenvalue weighted by atomic mass is 10.3. The topological polar surface area (TPSA) is 137 Å². The van der Waals surface area contributed by atoms with Gasteiger partial charge in [-0.15, -0.1) is 0 Å². The molecule has 47 heavy (non-hydrogen) atoms. The summed E-state index contributed by atoms with van der Waals surface area (Å²) in [6, 6.07) is 9.66. The van der Waals surface area contributed by atoms with Gasteiger partial charge in [-0.2, -0.15) is 0 Å². The van der Waals surface area contributed by atoms with Gasteiger partial charge in [0.1, 0.15) is 12.4 Å². The first kappa shape index (κ1) is 43.1. The third-order valence-corrected chi connectivity index (χ3v) is 5.72. The van der Waals surface area contributed by atoms with Crippen LogP contribution < -0.4 is 4.74 Å². The lowest BCUT2D eigenvalue weighted by Crippen LogP contribution is -2.15. The average Bonchev–Trinajstić information content (AvgIpc) is 3.08. The van der Waals surface area contributed by atoms with Gasteiger partial charge in [0, 0.05) is 0 Å². The predicted molar refractivity (Wildman–Crippen MR) is 172 cm³/mol. The summed E-state index contributed by atoms with van der Waals surface area (Å²) in [6.45, 7) is 13.4. The maximum absolute atomic E-state index is 11.1. The van der Waals surface area contributed by atoms with Gasteiger partial charge in [-0.05, 0) is 19.1 Å². The van der Waals surface area contributed by atoms with E-state index in [1.165, 1.54) is 0 Å². The van der Waals surface area contributed by atoms with Crippen LogP contribution >= 0.6 is 0 Å². The molecule has 0 bridgehead atoms. The summed E-state index contributed by atoms with van der Waals surface area (Å²) in [5.41, 5.74) is 0. The first-order valence-corrected chi connectivity index (χ1v) is 16.5. The quantitative estimate of drug-likeness (QED) is 0.0747. The van der Waals surface area contributed by atoms with Crippen molar-refractivity contribution >= 4 is 5.97 Å². The number of para-hydroxylation sites is 1. The molecular weight excluding hydrogens is 620 g/mol. The number of esters is 1. The van der Waals surface area contributed by atoms with E-state index in [1.54, 1.807) is 6.92 Å². The molecule has 1 aromatic rings. The van der Waals surface area contributed by atoms with Crippen molar-refractivity contribution in [3.63, 3.8) is 0 Å². The van der Waals surface area contributed by atoms with E-state index in [4.69, 9.17) is 61.6 Å². The Morgan fingerprint density at radius 2 is 0.681 bits per heavy atom. The summed E-state index contributed by atoms with van der Waals surface area (Å²) in [4.78, 5) is 11.1. The third kappa shape index (κ3) is 33.7. The summed E-state index contributed by atoms with van der Waals surface area (Å²) < 4.78 is 70.3. The molecular formula is C33H58O14. The molecule has 0 fully saturated rings. The van der Waals surface area contributed by atoms with Crippen molar-refractivity contribution in [2.45, 2.75) is 13.3 Å². The molecule has 0 radical (unpaired) electrons. The van der Waals surface area contributed by atoms with E-state index < -0.39 is 0 Å². The Balaban J connectivity index is 1.62. The van der Waals surface area contributed by atoms with Crippen LogP contribution in [0.1, 0.15) is 13.3 Å². The van der Waals surface area contributed by atoms with Gasteiger partial charge in [0.2, 0.25) is 0 Å². The number of benzene rings is 1. The molecule has 0 aliphatic carbocycles. The van der Waals surface area contributed by atoms with Gasteiger partial charge < -0.3 is 61.6 Å². The van der Waals surface area contributed by atoms with Crippen molar-refractivity contribution in [1.82, 2.24) is 0 Å². The van der Waals surface area contributed by atoms with Crippen LogP contribution in [0.15, 0.2) is 30.3 Å². The molecule has 0 spiro atoms. The summed E-state index contributed by atoms with van der Waals surface area (Å²) in [7, 11) is 0. The molecule has 0 atom stereocenters. The van der Waals surface area contributed by atoms with Crippen molar-refractivity contribution in [2.24, 2.45) is 0 Å². The molecule has 0 aromatic heterocycles. The van der Waals surface area contributed by atoms with Crippen molar-refractivity contribution in [1.29, 1.82) is 0 Å². The fourth-order valence-electron chi connectivity index (χ4n) is 3.43. The standard InChI is InChI=1S/C33H58O14/c1-2-46-33(34)8-9-35-10-11-36-12-13-37-14-15-38-16-17-39-18-19-40-20-21-41-22-23-42-24-25-43-26-27-44-28-29-45-30-31-47-32-6-4-3-5-7-32/h3-7H,2,8-31H2,1H3. The number of carbonyl (C=O) groups excluding carboxylic acids is 1. The van der Waals surface area contributed by atoms with Crippen LogP contribution in [0.5, 0.6) is 5.75 Å². The molecule has 0 aliphatic heterocycles. The zero-order valence-electron chi connectivity index (χ0n) is 28.3. The molecule has 0 saturated carbocycles. The largest absolute Gasteiger partial charge is 0.491 e. The van der Waals surface area contributed by atoms with Crippen molar-refractivity contribution in [2.75, 3.05) is 159 Å². The predicted octanol–water partition coefficient (Wildman–Crippen LogP) is 2.20. The number of hydrogen-bond acceptors (Lipinski definition) is 14. The third-order valence-electron chi connectivity index (χ3n) is 5.72. The molecule has 0 amide bonds. The first-order chi connectivity index (χ1) is 23.3. The molecule has 1 rings (SSSR count). The fraction of sp³-hybridized carbons (Fsp3) is 0.788. The Labute approximate surface area is 280 Å². The Kier molecular flexibility index (Phi) is 33.8. The minimum atomic E-state index is -0.251. The molecule has 0 unspecified atom stereocenters. The molecule has 1 aromatic carbocycles.